The summed E-state index contributed by atoms with van der Waals surface area (Å²) in [5.41, 5.74) is 5.68. The second-order valence-corrected chi connectivity index (χ2v) is 4.84. The van der Waals surface area contributed by atoms with Crippen molar-refractivity contribution >= 4 is 6.03 Å². The molecule has 0 saturated heterocycles. The number of fused-ring (bicyclic) bond motifs is 1. The Morgan fingerprint density at radius 2 is 2.20 bits per heavy atom. The van der Waals surface area contributed by atoms with Gasteiger partial charge in [-0.2, -0.15) is 0 Å². The van der Waals surface area contributed by atoms with Crippen LogP contribution >= 0.6 is 0 Å². The van der Waals surface area contributed by atoms with Crippen molar-refractivity contribution in [1.29, 1.82) is 0 Å². The molecule has 86 valence electrons. The van der Waals surface area contributed by atoms with Gasteiger partial charge in [-0.25, -0.2) is 4.79 Å². The van der Waals surface area contributed by atoms with E-state index in [0.717, 1.165) is 18.9 Å². The molecule has 4 heteroatoms. The third kappa shape index (κ3) is 2.09. The fourth-order valence-electron chi connectivity index (χ4n) is 3.08. The van der Waals surface area contributed by atoms with E-state index in [9.17, 15) is 4.79 Å². The Kier molecular flexibility index (Phi) is 3.14. The van der Waals surface area contributed by atoms with Crippen molar-refractivity contribution < 1.29 is 4.79 Å². The molecule has 0 aliphatic heterocycles. The Morgan fingerprint density at radius 1 is 1.40 bits per heavy atom. The molecule has 0 aromatic carbocycles. The van der Waals surface area contributed by atoms with Gasteiger partial charge in [0.2, 0.25) is 0 Å². The minimum atomic E-state index is -0.0165. The SMILES string of the molecule is CCNC(=O)NC1CC2CC(CN)CC21. The first kappa shape index (κ1) is 10.7. The average Bonchev–Trinajstić information content (AvgIpc) is 2.53. The highest BCUT2D eigenvalue weighted by atomic mass is 16.2. The van der Waals surface area contributed by atoms with Crippen LogP contribution in [0.5, 0.6) is 0 Å². The number of nitrogens with two attached hydrogens (primary N) is 1. The molecule has 2 aliphatic rings. The Bertz CT molecular complexity index is 244. The highest BCUT2D eigenvalue weighted by molar-refractivity contribution is 5.74. The number of carbonyl (C=O) groups excluding carboxylic acids is 1. The summed E-state index contributed by atoms with van der Waals surface area (Å²) in [7, 11) is 0. The van der Waals surface area contributed by atoms with Gasteiger partial charge in [0.1, 0.15) is 0 Å². The van der Waals surface area contributed by atoms with Gasteiger partial charge in [-0.1, -0.05) is 0 Å². The van der Waals surface area contributed by atoms with E-state index in [1.165, 1.54) is 12.8 Å². The second-order valence-electron chi connectivity index (χ2n) is 4.84. The summed E-state index contributed by atoms with van der Waals surface area (Å²) >= 11 is 0. The van der Waals surface area contributed by atoms with E-state index in [0.29, 0.717) is 24.4 Å². The summed E-state index contributed by atoms with van der Waals surface area (Å²) in [6.45, 7) is 3.43. The Hall–Kier alpha value is -0.770. The number of nitrogens with one attached hydrogen (secondary N) is 2. The van der Waals surface area contributed by atoms with Crippen LogP contribution in [0.3, 0.4) is 0 Å². The molecule has 2 saturated carbocycles. The molecule has 0 spiro atoms. The third-order valence-electron chi connectivity index (χ3n) is 3.91. The van der Waals surface area contributed by atoms with Gasteiger partial charge in [0.05, 0.1) is 0 Å². The fraction of sp³-hybridized carbons (Fsp3) is 0.909. The normalized spacial score (nSPS) is 38.0. The number of hydrogen-bond acceptors (Lipinski definition) is 2. The van der Waals surface area contributed by atoms with E-state index in [-0.39, 0.29) is 6.03 Å². The molecular weight excluding hydrogens is 190 g/mol. The van der Waals surface area contributed by atoms with Crippen molar-refractivity contribution in [3.05, 3.63) is 0 Å². The van der Waals surface area contributed by atoms with Crippen molar-refractivity contribution in [3.63, 3.8) is 0 Å². The fourth-order valence-corrected chi connectivity index (χ4v) is 3.08. The van der Waals surface area contributed by atoms with Crippen molar-refractivity contribution in [2.75, 3.05) is 13.1 Å². The largest absolute Gasteiger partial charge is 0.338 e. The van der Waals surface area contributed by atoms with Gasteiger partial charge in [0, 0.05) is 12.6 Å². The zero-order valence-corrected chi connectivity index (χ0v) is 9.33. The molecule has 4 nitrogen and oxygen atoms in total. The zero-order chi connectivity index (χ0) is 10.8. The molecule has 4 N–H and O–H groups in total. The van der Waals surface area contributed by atoms with E-state index in [1.54, 1.807) is 0 Å². The molecule has 15 heavy (non-hydrogen) atoms. The van der Waals surface area contributed by atoms with E-state index >= 15 is 0 Å². The van der Waals surface area contributed by atoms with Gasteiger partial charge in [0.25, 0.3) is 0 Å². The molecule has 2 aliphatic carbocycles. The van der Waals surface area contributed by atoms with Crippen LogP contribution in [0.15, 0.2) is 0 Å². The summed E-state index contributed by atoms with van der Waals surface area (Å²) in [5.74, 6) is 2.22. The third-order valence-corrected chi connectivity index (χ3v) is 3.91. The maximum Gasteiger partial charge on any atom is 0.315 e. The van der Waals surface area contributed by atoms with Crippen LogP contribution < -0.4 is 16.4 Å². The van der Waals surface area contributed by atoms with Crippen molar-refractivity contribution in [3.8, 4) is 0 Å². The molecule has 4 atom stereocenters. The number of carbonyl (C=O) groups is 1. The molecule has 0 aromatic heterocycles. The van der Waals surface area contributed by atoms with Gasteiger partial charge in [-0.05, 0) is 50.5 Å². The molecule has 4 unspecified atom stereocenters. The van der Waals surface area contributed by atoms with Crippen LogP contribution in [0.25, 0.3) is 0 Å². The Labute approximate surface area is 91.0 Å². The summed E-state index contributed by atoms with van der Waals surface area (Å²) in [6, 6.07) is 0.384. The molecule has 2 rings (SSSR count). The second kappa shape index (κ2) is 4.39. The van der Waals surface area contributed by atoms with Crippen molar-refractivity contribution in [2.24, 2.45) is 23.5 Å². The predicted molar refractivity (Wildman–Crippen MR) is 59.4 cm³/mol. The lowest BCUT2D eigenvalue weighted by Crippen LogP contribution is -2.53. The highest BCUT2D eigenvalue weighted by Gasteiger charge is 2.47. The maximum absolute atomic E-state index is 11.3. The topological polar surface area (TPSA) is 67.2 Å². The van der Waals surface area contributed by atoms with E-state index in [1.807, 2.05) is 6.92 Å². The standard InChI is InChI=1S/C11H21N3O/c1-2-13-11(15)14-10-5-8-3-7(6-12)4-9(8)10/h7-10H,2-6,12H2,1H3,(H2,13,14,15). The van der Waals surface area contributed by atoms with Gasteiger partial charge >= 0.3 is 6.03 Å². The highest BCUT2D eigenvalue weighted by Crippen LogP contribution is 2.49. The van der Waals surface area contributed by atoms with Gasteiger partial charge in [-0.3, -0.25) is 0 Å². The molecule has 2 fully saturated rings. The van der Waals surface area contributed by atoms with Gasteiger partial charge in [0.15, 0.2) is 0 Å². The lowest BCUT2D eigenvalue weighted by molar-refractivity contribution is 0.140. The van der Waals surface area contributed by atoms with E-state index < -0.39 is 0 Å². The number of rotatable bonds is 3. The van der Waals surface area contributed by atoms with Crippen LogP contribution in [0.2, 0.25) is 0 Å². The first-order valence-corrected chi connectivity index (χ1v) is 5.99. The molecule has 0 aromatic rings. The lowest BCUT2D eigenvalue weighted by atomic mass is 9.71. The van der Waals surface area contributed by atoms with Crippen molar-refractivity contribution in [1.82, 2.24) is 10.6 Å². The van der Waals surface area contributed by atoms with Crippen LogP contribution in [-0.4, -0.2) is 25.2 Å². The summed E-state index contributed by atoms with van der Waals surface area (Å²) < 4.78 is 0. The number of hydrogen-bond donors (Lipinski definition) is 3. The zero-order valence-electron chi connectivity index (χ0n) is 9.33. The van der Waals surface area contributed by atoms with E-state index in [2.05, 4.69) is 10.6 Å². The Morgan fingerprint density at radius 3 is 2.87 bits per heavy atom. The molecule has 0 bridgehead atoms. The Balaban J connectivity index is 1.76. The molecular formula is C11H21N3O. The van der Waals surface area contributed by atoms with E-state index in [4.69, 9.17) is 5.73 Å². The summed E-state index contributed by atoms with van der Waals surface area (Å²) in [5, 5.41) is 5.82. The average molecular weight is 211 g/mol. The first-order chi connectivity index (χ1) is 7.24. The minimum Gasteiger partial charge on any atom is -0.338 e. The summed E-state index contributed by atoms with van der Waals surface area (Å²) in [6.07, 6.45) is 3.63. The van der Waals surface area contributed by atoms with Gasteiger partial charge in [-0.15, -0.1) is 0 Å². The lowest BCUT2D eigenvalue weighted by Gasteiger charge is -2.40. The molecule has 0 radical (unpaired) electrons. The van der Waals surface area contributed by atoms with Gasteiger partial charge < -0.3 is 16.4 Å². The smallest absolute Gasteiger partial charge is 0.315 e. The quantitative estimate of drug-likeness (QED) is 0.642. The van der Waals surface area contributed by atoms with Crippen LogP contribution in [0.1, 0.15) is 26.2 Å². The molecule has 0 heterocycles. The number of urea groups is 1. The molecule has 2 amide bonds. The maximum atomic E-state index is 11.3. The minimum absolute atomic E-state index is 0.0165. The first-order valence-electron chi connectivity index (χ1n) is 5.99. The monoisotopic (exact) mass is 211 g/mol. The van der Waals surface area contributed by atoms with Crippen molar-refractivity contribution in [2.45, 2.75) is 32.2 Å². The van der Waals surface area contributed by atoms with Crippen LogP contribution in [0, 0.1) is 17.8 Å². The van der Waals surface area contributed by atoms with Crippen LogP contribution in [-0.2, 0) is 0 Å². The predicted octanol–water partition coefficient (Wildman–Crippen LogP) is 0.679. The van der Waals surface area contributed by atoms with Crippen LogP contribution in [0.4, 0.5) is 4.79 Å². The number of amides is 2. The summed E-state index contributed by atoms with van der Waals surface area (Å²) in [4.78, 5) is 11.3.